The molecule has 0 aliphatic rings. The molecule has 0 atom stereocenters. The monoisotopic (exact) mass is 510 g/mol. The second-order valence-corrected chi connectivity index (χ2v) is 9.72. The van der Waals surface area contributed by atoms with E-state index in [1.54, 1.807) is 18.2 Å². The highest BCUT2D eigenvalue weighted by Crippen LogP contribution is 2.32. The van der Waals surface area contributed by atoms with Crippen molar-refractivity contribution < 1.29 is 15.3 Å². The number of rotatable bonds is 16. The molecule has 0 bridgehead atoms. The number of benzene rings is 3. The van der Waals surface area contributed by atoms with Crippen molar-refractivity contribution in [2.24, 2.45) is 0 Å². The van der Waals surface area contributed by atoms with Crippen molar-refractivity contribution in [1.29, 1.82) is 0 Å². The lowest BCUT2D eigenvalue weighted by Crippen LogP contribution is -2.20. The third kappa shape index (κ3) is 9.73. The summed E-state index contributed by atoms with van der Waals surface area (Å²) in [6, 6.07) is 18.7. The second-order valence-electron chi connectivity index (χ2n) is 9.28. The molecule has 194 valence electrons. The molecule has 5 nitrogen and oxygen atoms in total. The maximum Gasteiger partial charge on any atom is 0.160 e. The van der Waals surface area contributed by atoms with Gasteiger partial charge in [-0.15, -0.1) is 0 Å². The van der Waals surface area contributed by atoms with Gasteiger partial charge < -0.3 is 26.0 Å². The van der Waals surface area contributed by atoms with Gasteiger partial charge in [-0.05, 0) is 112 Å². The van der Waals surface area contributed by atoms with Gasteiger partial charge in [0.25, 0.3) is 0 Å². The Kier molecular flexibility index (Phi) is 11.9. The average Bonchev–Trinajstić information content (AvgIpc) is 2.87. The second kappa shape index (κ2) is 15.4. The molecule has 0 aliphatic heterocycles. The lowest BCUT2D eigenvalue weighted by atomic mass is 9.96. The zero-order chi connectivity index (χ0) is 25.6. The SMILES string of the molecule is Oc1ccc(CCNCCCCCCNCCc2ccc(O)c(O)c2CCc2cccc(Cl)c2)cc1. The molecule has 3 aromatic carbocycles. The normalized spacial score (nSPS) is 11.1. The summed E-state index contributed by atoms with van der Waals surface area (Å²) in [6.45, 7) is 3.82. The van der Waals surface area contributed by atoms with E-state index >= 15 is 0 Å². The lowest BCUT2D eigenvalue weighted by molar-refractivity contribution is 0.398. The van der Waals surface area contributed by atoms with E-state index in [1.165, 1.54) is 24.8 Å². The van der Waals surface area contributed by atoms with Gasteiger partial charge in [-0.25, -0.2) is 0 Å². The molecule has 3 aromatic rings. The number of hydrogen-bond donors (Lipinski definition) is 5. The number of aryl methyl sites for hydroxylation is 1. The molecule has 0 saturated carbocycles. The first-order valence-corrected chi connectivity index (χ1v) is 13.4. The Morgan fingerprint density at radius 3 is 2.00 bits per heavy atom. The third-order valence-electron chi connectivity index (χ3n) is 6.47. The number of aromatic hydroxyl groups is 3. The van der Waals surface area contributed by atoms with Crippen molar-refractivity contribution >= 4 is 11.6 Å². The zero-order valence-corrected chi connectivity index (χ0v) is 21.7. The third-order valence-corrected chi connectivity index (χ3v) is 6.70. The molecule has 0 radical (unpaired) electrons. The molecule has 0 amide bonds. The molecular weight excluding hydrogens is 472 g/mol. The maximum atomic E-state index is 10.4. The summed E-state index contributed by atoms with van der Waals surface area (Å²) < 4.78 is 0. The van der Waals surface area contributed by atoms with E-state index in [0.717, 1.165) is 68.6 Å². The molecule has 0 unspecified atom stereocenters. The first-order chi connectivity index (χ1) is 17.5. The van der Waals surface area contributed by atoms with Crippen LogP contribution in [-0.4, -0.2) is 41.5 Å². The Labute approximate surface area is 220 Å². The van der Waals surface area contributed by atoms with Gasteiger partial charge in [0.05, 0.1) is 0 Å². The van der Waals surface area contributed by atoms with Gasteiger partial charge in [0, 0.05) is 10.6 Å². The maximum absolute atomic E-state index is 10.4. The van der Waals surface area contributed by atoms with Crippen LogP contribution >= 0.6 is 11.6 Å². The Hall–Kier alpha value is -2.73. The zero-order valence-electron chi connectivity index (χ0n) is 21.0. The first kappa shape index (κ1) is 27.9. The van der Waals surface area contributed by atoms with E-state index < -0.39 is 0 Å². The number of phenols is 3. The topological polar surface area (TPSA) is 84.8 Å². The van der Waals surface area contributed by atoms with E-state index in [1.807, 2.05) is 42.5 Å². The van der Waals surface area contributed by atoms with E-state index in [2.05, 4.69) is 10.6 Å². The highest BCUT2D eigenvalue weighted by molar-refractivity contribution is 6.30. The van der Waals surface area contributed by atoms with Gasteiger partial charge >= 0.3 is 0 Å². The minimum Gasteiger partial charge on any atom is -0.508 e. The molecular formula is C30H39ClN2O3. The molecule has 0 spiro atoms. The van der Waals surface area contributed by atoms with Crippen molar-refractivity contribution in [3.8, 4) is 17.2 Å². The van der Waals surface area contributed by atoms with Crippen molar-refractivity contribution in [2.75, 3.05) is 26.2 Å². The van der Waals surface area contributed by atoms with Crippen molar-refractivity contribution in [3.05, 3.63) is 87.9 Å². The Morgan fingerprint density at radius 1 is 0.611 bits per heavy atom. The van der Waals surface area contributed by atoms with Crippen molar-refractivity contribution in [3.63, 3.8) is 0 Å². The lowest BCUT2D eigenvalue weighted by Gasteiger charge is -2.14. The predicted octanol–water partition coefficient (Wildman–Crippen LogP) is 5.77. The number of nitrogens with one attached hydrogen (secondary N) is 2. The largest absolute Gasteiger partial charge is 0.508 e. The van der Waals surface area contributed by atoms with E-state index in [9.17, 15) is 15.3 Å². The minimum atomic E-state index is -0.0670. The number of phenolic OH excluding ortho intramolecular Hbond substituents is 3. The van der Waals surface area contributed by atoms with E-state index in [0.29, 0.717) is 17.2 Å². The van der Waals surface area contributed by atoms with Gasteiger partial charge in [-0.2, -0.15) is 0 Å². The predicted molar refractivity (Wildman–Crippen MR) is 148 cm³/mol. The van der Waals surface area contributed by atoms with Crippen LogP contribution in [0.5, 0.6) is 17.2 Å². The fourth-order valence-corrected chi connectivity index (χ4v) is 4.58. The van der Waals surface area contributed by atoms with Crippen LogP contribution in [-0.2, 0) is 25.7 Å². The molecule has 3 rings (SSSR count). The number of unbranched alkanes of at least 4 members (excludes halogenated alkanes) is 3. The molecule has 5 N–H and O–H groups in total. The van der Waals surface area contributed by atoms with Gasteiger partial charge in [0.1, 0.15) is 5.75 Å². The summed E-state index contributed by atoms with van der Waals surface area (Å²) in [6.07, 6.45) is 7.94. The Bertz CT molecular complexity index is 1060. The van der Waals surface area contributed by atoms with Gasteiger partial charge in [0.15, 0.2) is 11.5 Å². The molecule has 6 heteroatoms. The summed E-state index contributed by atoms with van der Waals surface area (Å²) in [5.41, 5.74) is 4.23. The molecule has 36 heavy (non-hydrogen) atoms. The van der Waals surface area contributed by atoms with Crippen LogP contribution in [0.15, 0.2) is 60.7 Å². The van der Waals surface area contributed by atoms with Gasteiger partial charge in [0.2, 0.25) is 0 Å². The van der Waals surface area contributed by atoms with Crippen LogP contribution in [0.4, 0.5) is 0 Å². The average molecular weight is 511 g/mol. The number of hydrogen-bond acceptors (Lipinski definition) is 5. The van der Waals surface area contributed by atoms with Crippen LogP contribution in [0.2, 0.25) is 5.02 Å². The van der Waals surface area contributed by atoms with Crippen LogP contribution in [0, 0.1) is 0 Å². The highest BCUT2D eigenvalue weighted by atomic mass is 35.5. The summed E-state index contributed by atoms with van der Waals surface area (Å²) in [5, 5.41) is 37.5. The Balaban J connectivity index is 1.26. The fourth-order valence-electron chi connectivity index (χ4n) is 4.36. The van der Waals surface area contributed by atoms with Gasteiger partial charge in [-0.1, -0.05) is 54.8 Å². The number of halogens is 1. The summed E-state index contributed by atoms with van der Waals surface area (Å²) in [5.74, 6) is 0.240. The quantitative estimate of drug-likeness (QED) is 0.125. The smallest absolute Gasteiger partial charge is 0.160 e. The van der Waals surface area contributed by atoms with E-state index in [-0.39, 0.29) is 11.5 Å². The van der Waals surface area contributed by atoms with Crippen LogP contribution in [0.25, 0.3) is 0 Å². The van der Waals surface area contributed by atoms with Crippen LogP contribution < -0.4 is 10.6 Å². The Morgan fingerprint density at radius 2 is 1.31 bits per heavy atom. The van der Waals surface area contributed by atoms with Crippen LogP contribution in [0.1, 0.15) is 47.9 Å². The van der Waals surface area contributed by atoms with Crippen LogP contribution in [0.3, 0.4) is 0 Å². The van der Waals surface area contributed by atoms with E-state index in [4.69, 9.17) is 11.6 Å². The summed E-state index contributed by atoms with van der Waals surface area (Å²) in [4.78, 5) is 0. The van der Waals surface area contributed by atoms with Gasteiger partial charge in [-0.3, -0.25) is 0 Å². The molecule has 0 saturated heterocycles. The molecule has 0 aromatic heterocycles. The standard InChI is InChI=1S/C30H39ClN2O3/c31-26-7-5-6-24(22-26)10-14-28-25(11-15-29(35)30(28)36)17-21-33-19-4-2-1-3-18-32-20-16-23-8-12-27(34)13-9-23/h5-9,11-13,15,22,32-36H,1-4,10,14,16-21H2. The first-order valence-electron chi connectivity index (χ1n) is 13.0. The van der Waals surface area contributed by atoms with Crippen molar-refractivity contribution in [1.82, 2.24) is 10.6 Å². The fraction of sp³-hybridized carbons (Fsp3) is 0.400. The summed E-state index contributed by atoms with van der Waals surface area (Å²) >= 11 is 6.09. The molecule has 0 aliphatic carbocycles. The molecule has 0 heterocycles. The summed E-state index contributed by atoms with van der Waals surface area (Å²) in [7, 11) is 0. The highest BCUT2D eigenvalue weighted by Gasteiger charge is 2.12. The van der Waals surface area contributed by atoms with Crippen molar-refractivity contribution in [2.45, 2.75) is 51.4 Å². The minimum absolute atomic E-state index is 0.00815. The molecule has 0 fully saturated rings.